The zero-order valence-electron chi connectivity index (χ0n) is 13.7. The van der Waals surface area contributed by atoms with Crippen molar-refractivity contribution in [3.8, 4) is 0 Å². The summed E-state index contributed by atoms with van der Waals surface area (Å²) in [6.45, 7) is 2.59. The van der Waals surface area contributed by atoms with Gasteiger partial charge >= 0.3 is 0 Å². The molecule has 130 valence electrons. The minimum atomic E-state index is -1.54. The average molecular weight is 325 g/mol. The molecule has 0 saturated heterocycles. The Morgan fingerprint density at radius 1 is 1.13 bits per heavy atom. The van der Waals surface area contributed by atoms with E-state index in [-0.39, 0.29) is 38.4 Å². The first-order valence-corrected chi connectivity index (χ1v) is 7.63. The molecule has 0 saturated carbocycles. The number of Topliss-reactive ketones (excluding diaryl/α,β-unsaturated/α-hetero) is 1. The number of ketones is 1. The second-order valence-corrected chi connectivity index (χ2v) is 6.57. The molecule has 6 heteroatoms. The second-order valence-electron chi connectivity index (χ2n) is 6.57. The van der Waals surface area contributed by atoms with E-state index in [9.17, 15) is 20.1 Å². The van der Waals surface area contributed by atoms with Crippen LogP contribution in [-0.2, 0) is 17.0 Å². The molecule has 0 aromatic heterocycles. The number of rotatable bonds is 9. The van der Waals surface area contributed by atoms with Crippen LogP contribution in [0.4, 0.5) is 0 Å². The maximum atomic E-state index is 12.3. The highest BCUT2D eigenvalue weighted by Crippen LogP contribution is 2.27. The van der Waals surface area contributed by atoms with Crippen LogP contribution in [0.3, 0.4) is 0 Å². The molecule has 23 heavy (non-hydrogen) atoms. The van der Waals surface area contributed by atoms with Gasteiger partial charge in [0.25, 0.3) is 0 Å². The Balaban J connectivity index is 2.80. The molecule has 6 nitrogen and oxygen atoms in total. The molecule has 0 fully saturated rings. The smallest absolute Gasteiger partial charge is 0.152 e. The van der Waals surface area contributed by atoms with E-state index in [2.05, 4.69) is 0 Å². The van der Waals surface area contributed by atoms with Crippen LogP contribution >= 0.6 is 0 Å². The highest BCUT2D eigenvalue weighted by atomic mass is 16.3. The van der Waals surface area contributed by atoms with E-state index in [4.69, 9.17) is 10.8 Å². The van der Waals surface area contributed by atoms with Gasteiger partial charge in [0.2, 0.25) is 0 Å². The van der Waals surface area contributed by atoms with Gasteiger partial charge in [-0.3, -0.25) is 4.79 Å². The molecule has 0 amide bonds. The van der Waals surface area contributed by atoms with E-state index in [1.165, 1.54) is 6.92 Å². The number of carbonyl (C=O) groups excluding carboxylic acids is 1. The summed E-state index contributed by atoms with van der Waals surface area (Å²) in [5.74, 6) is -0.339. The van der Waals surface area contributed by atoms with Gasteiger partial charge < -0.3 is 26.2 Å². The fourth-order valence-electron chi connectivity index (χ4n) is 2.23. The number of benzene rings is 1. The van der Waals surface area contributed by atoms with Gasteiger partial charge in [0.05, 0.1) is 25.9 Å². The molecule has 2 atom stereocenters. The summed E-state index contributed by atoms with van der Waals surface area (Å²) >= 11 is 0. The van der Waals surface area contributed by atoms with E-state index in [1.807, 2.05) is 0 Å². The molecular weight excluding hydrogens is 298 g/mol. The standard InChI is InChI=1S/C17H27NO5/c1-16(10-20,11-21)8-7-14(22)15(18)17(2,23)13-5-3-12(9-19)4-6-13/h3-6,15,19-21,23H,7-11,18H2,1-2H3. The number of nitrogens with two attached hydrogens (primary N) is 1. The largest absolute Gasteiger partial charge is 0.396 e. The molecular formula is C17H27NO5. The molecule has 0 bridgehead atoms. The van der Waals surface area contributed by atoms with Crippen molar-refractivity contribution < 1.29 is 25.2 Å². The summed E-state index contributed by atoms with van der Waals surface area (Å²) in [6.07, 6.45) is 0.343. The first-order chi connectivity index (χ1) is 10.7. The summed E-state index contributed by atoms with van der Waals surface area (Å²) in [5, 5.41) is 38.2. The Hall–Kier alpha value is -1.31. The van der Waals surface area contributed by atoms with Gasteiger partial charge in [-0.2, -0.15) is 0 Å². The van der Waals surface area contributed by atoms with E-state index in [0.29, 0.717) is 11.1 Å². The van der Waals surface area contributed by atoms with Gasteiger partial charge in [0, 0.05) is 11.8 Å². The molecule has 0 aliphatic rings. The minimum Gasteiger partial charge on any atom is -0.396 e. The number of aliphatic hydroxyl groups is 4. The molecule has 1 aromatic carbocycles. The van der Waals surface area contributed by atoms with Crippen LogP contribution in [0.25, 0.3) is 0 Å². The monoisotopic (exact) mass is 325 g/mol. The molecule has 1 rings (SSSR count). The lowest BCUT2D eigenvalue weighted by Crippen LogP contribution is -2.49. The molecule has 0 spiro atoms. The number of hydrogen-bond acceptors (Lipinski definition) is 6. The van der Waals surface area contributed by atoms with Crippen LogP contribution in [0, 0.1) is 5.41 Å². The Kier molecular flexibility index (Phi) is 6.85. The highest BCUT2D eigenvalue weighted by Gasteiger charge is 2.36. The maximum absolute atomic E-state index is 12.3. The van der Waals surface area contributed by atoms with Gasteiger partial charge in [0.1, 0.15) is 5.60 Å². The van der Waals surface area contributed by atoms with Gasteiger partial charge in [-0.25, -0.2) is 0 Å². The SMILES string of the molecule is CC(CO)(CO)CCC(=O)C(N)C(C)(O)c1ccc(CO)cc1. The minimum absolute atomic E-state index is 0.0592. The molecule has 1 aromatic rings. The molecule has 6 N–H and O–H groups in total. The molecule has 0 aliphatic carbocycles. The number of carbonyl (C=O) groups is 1. The lowest BCUT2D eigenvalue weighted by molar-refractivity contribution is -0.127. The summed E-state index contributed by atoms with van der Waals surface area (Å²) in [7, 11) is 0. The van der Waals surface area contributed by atoms with Crippen LogP contribution in [-0.4, -0.2) is 45.5 Å². The molecule has 2 unspecified atom stereocenters. The van der Waals surface area contributed by atoms with Gasteiger partial charge in [-0.1, -0.05) is 31.2 Å². The van der Waals surface area contributed by atoms with Crippen LogP contribution < -0.4 is 5.73 Å². The topological polar surface area (TPSA) is 124 Å². The number of aliphatic hydroxyl groups excluding tert-OH is 3. The summed E-state index contributed by atoms with van der Waals surface area (Å²) in [4.78, 5) is 12.3. The summed E-state index contributed by atoms with van der Waals surface area (Å²) < 4.78 is 0. The highest BCUT2D eigenvalue weighted by molar-refractivity contribution is 5.85. The van der Waals surface area contributed by atoms with E-state index < -0.39 is 17.1 Å². The third-order valence-electron chi connectivity index (χ3n) is 4.41. The normalized spacial score (nSPS) is 16.0. The van der Waals surface area contributed by atoms with Crippen molar-refractivity contribution in [2.24, 2.45) is 11.1 Å². The van der Waals surface area contributed by atoms with E-state index in [0.717, 1.165) is 0 Å². The van der Waals surface area contributed by atoms with Crippen molar-refractivity contribution in [2.75, 3.05) is 13.2 Å². The van der Waals surface area contributed by atoms with Crippen LogP contribution in [0.5, 0.6) is 0 Å². The van der Waals surface area contributed by atoms with Crippen molar-refractivity contribution >= 4 is 5.78 Å². The van der Waals surface area contributed by atoms with Crippen molar-refractivity contribution in [1.29, 1.82) is 0 Å². The second kappa shape index (κ2) is 7.99. The van der Waals surface area contributed by atoms with E-state index in [1.54, 1.807) is 31.2 Å². The van der Waals surface area contributed by atoms with Crippen molar-refractivity contribution in [3.05, 3.63) is 35.4 Å². The van der Waals surface area contributed by atoms with Gasteiger partial charge in [-0.15, -0.1) is 0 Å². The fraction of sp³-hybridized carbons (Fsp3) is 0.588. The van der Waals surface area contributed by atoms with Gasteiger partial charge in [0.15, 0.2) is 5.78 Å². The quantitative estimate of drug-likeness (QED) is 0.437. The first kappa shape index (κ1) is 19.7. The fourth-order valence-corrected chi connectivity index (χ4v) is 2.23. The molecule has 0 aliphatic heterocycles. The Morgan fingerprint density at radius 2 is 1.65 bits per heavy atom. The van der Waals surface area contributed by atoms with Crippen LogP contribution in [0.1, 0.15) is 37.8 Å². The zero-order valence-corrected chi connectivity index (χ0v) is 13.7. The van der Waals surface area contributed by atoms with Crippen molar-refractivity contribution in [2.45, 2.75) is 44.9 Å². The van der Waals surface area contributed by atoms with Crippen molar-refractivity contribution in [3.63, 3.8) is 0 Å². The van der Waals surface area contributed by atoms with Gasteiger partial charge in [-0.05, 0) is 24.5 Å². The predicted octanol–water partition coefficient (Wildman–Crippen LogP) is 0.0539. The van der Waals surface area contributed by atoms with Crippen LogP contribution in [0.2, 0.25) is 0 Å². The molecule has 0 heterocycles. The predicted molar refractivity (Wildman–Crippen MR) is 86.4 cm³/mol. The lowest BCUT2D eigenvalue weighted by atomic mass is 9.81. The average Bonchev–Trinajstić information content (AvgIpc) is 2.58. The van der Waals surface area contributed by atoms with Crippen LogP contribution in [0.15, 0.2) is 24.3 Å². The summed E-state index contributed by atoms with van der Waals surface area (Å²) in [6, 6.07) is 5.46. The first-order valence-electron chi connectivity index (χ1n) is 7.63. The maximum Gasteiger partial charge on any atom is 0.152 e. The van der Waals surface area contributed by atoms with Crippen molar-refractivity contribution in [1.82, 2.24) is 0 Å². The Bertz CT molecular complexity index is 508. The Labute approximate surface area is 136 Å². The summed E-state index contributed by atoms with van der Waals surface area (Å²) in [5.41, 5.74) is 4.84. The third kappa shape index (κ3) is 4.83. The Morgan fingerprint density at radius 3 is 2.09 bits per heavy atom. The van der Waals surface area contributed by atoms with E-state index >= 15 is 0 Å². The third-order valence-corrected chi connectivity index (χ3v) is 4.41. The zero-order chi connectivity index (χ0) is 17.7. The molecule has 0 radical (unpaired) electrons. The lowest BCUT2D eigenvalue weighted by Gasteiger charge is -2.31. The number of hydrogen-bond donors (Lipinski definition) is 5.